The molecule has 0 amide bonds. The van der Waals surface area contributed by atoms with Crippen molar-refractivity contribution >= 4 is 16.7 Å². The van der Waals surface area contributed by atoms with Gasteiger partial charge in [0, 0.05) is 18.5 Å². The largest absolute Gasteiger partial charge is 0.497 e. The summed E-state index contributed by atoms with van der Waals surface area (Å²) in [6, 6.07) is 25.8. The van der Waals surface area contributed by atoms with Crippen LogP contribution in [0.2, 0.25) is 0 Å². The Morgan fingerprint density at radius 3 is 2.39 bits per heavy atom. The second-order valence-corrected chi connectivity index (χ2v) is 10.1. The lowest BCUT2D eigenvalue weighted by Crippen LogP contribution is -2.22. The number of rotatable bonds is 10. The summed E-state index contributed by atoms with van der Waals surface area (Å²) >= 11 is 0. The molecule has 0 heterocycles. The molecule has 4 aromatic carbocycles. The quantitative estimate of drug-likeness (QED) is 0.219. The highest BCUT2D eigenvalue weighted by molar-refractivity contribution is 5.97. The van der Waals surface area contributed by atoms with Gasteiger partial charge in [-0.3, -0.25) is 4.79 Å². The highest BCUT2D eigenvalue weighted by atomic mass is 19.1. The fourth-order valence-electron chi connectivity index (χ4n) is 4.82. The van der Waals surface area contributed by atoms with Crippen molar-refractivity contribution < 1.29 is 18.7 Å². The number of esters is 1. The lowest BCUT2D eigenvalue weighted by atomic mass is 9.92. The molecule has 0 aliphatic heterocycles. The molecule has 5 heteroatoms. The van der Waals surface area contributed by atoms with Gasteiger partial charge < -0.3 is 14.8 Å². The van der Waals surface area contributed by atoms with Gasteiger partial charge in [0.05, 0.1) is 13.2 Å². The molecule has 4 rings (SSSR count). The fraction of sp³-hybridized carbons (Fsp3) is 0.303. The van der Waals surface area contributed by atoms with E-state index in [1.165, 1.54) is 6.07 Å². The number of halogens is 1. The minimum atomic E-state index is -0.318. The van der Waals surface area contributed by atoms with E-state index in [4.69, 9.17) is 9.47 Å². The van der Waals surface area contributed by atoms with Crippen molar-refractivity contribution in [3.63, 3.8) is 0 Å². The number of benzene rings is 4. The summed E-state index contributed by atoms with van der Waals surface area (Å²) in [7, 11) is 1.67. The van der Waals surface area contributed by atoms with Crippen LogP contribution in [0.25, 0.3) is 21.9 Å². The molecule has 0 aromatic heterocycles. The molecule has 0 fully saturated rings. The van der Waals surface area contributed by atoms with E-state index in [9.17, 15) is 9.18 Å². The Morgan fingerprint density at radius 2 is 1.63 bits per heavy atom. The van der Waals surface area contributed by atoms with Crippen LogP contribution in [-0.2, 0) is 16.0 Å². The van der Waals surface area contributed by atoms with Crippen molar-refractivity contribution in [3.05, 3.63) is 101 Å². The van der Waals surface area contributed by atoms with E-state index in [0.717, 1.165) is 44.3 Å². The smallest absolute Gasteiger partial charge is 0.306 e. The predicted molar refractivity (Wildman–Crippen MR) is 152 cm³/mol. The normalized spacial score (nSPS) is 12.9. The molecule has 4 nitrogen and oxygen atoms in total. The van der Waals surface area contributed by atoms with Gasteiger partial charge in [0.1, 0.15) is 11.6 Å². The Balaban J connectivity index is 1.65. The van der Waals surface area contributed by atoms with Crippen LogP contribution in [0.15, 0.2) is 78.9 Å². The molecule has 0 aliphatic carbocycles. The van der Waals surface area contributed by atoms with Crippen molar-refractivity contribution in [2.45, 2.75) is 58.7 Å². The van der Waals surface area contributed by atoms with E-state index >= 15 is 0 Å². The summed E-state index contributed by atoms with van der Waals surface area (Å²) in [4.78, 5) is 12.1. The Labute approximate surface area is 224 Å². The molecule has 0 saturated carbocycles. The summed E-state index contributed by atoms with van der Waals surface area (Å²) in [5.74, 6) is 0.238. The van der Waals surface area contributed by atoms with Crippen molar-refractivity contribution in [3.8, 4) is 16.9 Å². The molecule has 4 aromatic rings. The molecule has 0 bridgehead atoms. The molecule has 1 N–H and O–H groups in total. The zero-order valence-electron chi connectivity index (χ0n) is 22.8. The first kappa shape index (κ1) is 27.3. The molecule has 198 valence electrons. The van der Waals surface area contributed by atoms with Crippen LogP contribution in [0, 0.1) is 5.82 Å². The maximum Gasteiger partial charge on any atom is 0.306 e. The average Bonchev–Trinajstić information content (AvgIpc) is 2.90. The second-order valence-electron chi connectivity index (χ2n) is 10.1. The molecule has 1 unspecified atom stereocenters. The van der Waals surface area contributed by atoms with E-state index in [-0.39, 0.29) is 36.4 Å². The monoisotopic (exact) mass is 513 g/mol. The molecule has 0 spiro atoms. The number of hydrogen-bond acceptors (Lipinski definition) is 4. The molecule has 2 atom stereocenters. The summed E-state index contributed by atoms with van der Waals surface area (Å²) < 4.78 is 25.4. The molecular weight excluding hydrogens is 477 g/mol. The first-order valence-electron chi connectivity index (χ1n) is 13.2. The number of fused-ring (bicyclic) bond motifs is 1. The average molecular weight is 514 g/mol. The number of ether oxygens (including phenoxy) is 2. The minimum Gasteiger partial charge on any atom is -0.497 e. The van der Waals surface area contributed by atoms with Crippen LogP contribution in [-0.4, -0.2) is 19.2 Å². The summed E-state index contributed by atoms with van der Waals surface area (Å²) in [6.07, 6.45) is 0.469. The highest BCUT2D eigenvalue weighted by Gasteiger charge is 2.16. The Kier molecular flexibility index (Phi) is 8.80. The zero-order valence-corrected chi connectivity index (χ0v) is 22.8. The minimum absolute atomic E-state index is 0.0402. The Bertz CT molecular complexity index is 1410. The van der Waals surface area contributed by atoms with Crippen LogP contribution in [0.3, 0.4) is 0 Å². The van der Waals surface area contributed by atoms with Crippen LogP contribution in [0.5, 0.6) is 5.75 Å². The molecule has 0 aliphatic rings. The van der Waals surface area contributed by atoms with Gasteiger partial charge in [-0.15, -0.1) is 0 Å². The first-order chi connectivity index (χ1) is 18.2. The summed E-state index contributed by atoms with van der Waals surface area (Å²) in [6.45, 7) is 7.92. The third kappa shape index (κ3) is 6.78. The van der Waals surface area contributed by atoms with Gasteiger partial charge in [-0.2, -0.15) is 0 Å². The third-order valence-electron chi connectivity index (χ3n) is 6.73. The number of hydrogen-bond donors (Lipinski definition) is 1. The van der Waals surface area contributed by atoms with E-state index in [2.05, 4.69) is 49.5 Å². The van der Waals surface area contributed by atoms with Crippen molar-refractivity contribution in [2.75, 3.05) is 7.11 Å². The Hall–Kier alpha value is -3.70. The zero-order chi connectivity index (χ0) is 27.2. The Morgan fingerprint density at radius 1 is 0.868 bits per heavy atom. The summed E-state index contributed by atoms with van der Waals surface area (Å²) in [5.41, 5.74) is 4.78. The van der Waals surface area contributed by atoms with Crippen LogP contribution in [0.4, 0.5) is 4.39 Å². The van der Waals surface area contributed by atoms with E-state index in [1.807, 2.05) is 50.2 Å². The second kappa shape index (κ2) is 12.2. The van der Waals surface area contributed by atoms with Gasteiger partial charge in [-0.1, -0.05) is 42.5 Å². The number of methoxy groups -OCH3 is 1. The van der Waals surface area contributed by atoms with Crippen LogP contribution in [0.1, 0.15) is 62.9 Å². The fourth-order valence-corrected chi connectivity index (χ4v) is 4.82. The molecule has 0 saturated heterocycles. The van der Waals surface area contributed by atoms with Crippen LogP contribution < -0.4 is 10.1 Å². The highest BCUT2D eigenvalue weighted by Crippen LogP contribution is 2.34. The topological polar surface area (TPSA) is 47.6 Å². The van der Waals surface area contributed by atoms with Gasteiger partial charge >= 0.3 is 5.97 Å². The number of aryl methyl sites for hydroxylation is 1. The number of carbonyl (C=O) groups is 1. The van der Waals surface area contributed by atoms with E-state index in [1.54, 1.807) is 13.2 Å². The van der Waals surface area contributed by atoms with Crippen molar-refractivity contribution in [1.29, 1.82) is 0 Å². The van der Waals surface area contributed by atoms with E-state index < -0.39 is 0 Å². The maximum absolute atomic E-state index is 14.8. The maximum atomic E-state index is 14.8. The summed E-state index contributed by atoms with van der Waals surface area (Å²) in [5, 5.41) is 5.84. The molecule has 38 heavy (non-hydrogen) atoms. The first-order valence-corrected chi connectivity index (χ1v) is 13.2. The number of carbonyl (C=O) groups excluding carboxylic acids is 1. The lowest BCUT2D eigenvalue weighted by molar-refractivity contribution is -0.147. The lowest BCUT2D eigenvalue weighted by Gasteiger charge is -2.22. The third-order valence-corrected chi connectivity index (χ3v) is 6.73. The van der Waals surface area contributed by atoms with Crippen LogP contribution >= 0.6 is 0 Å². The predicted octanol–water partition coefficient (Wildman–Crippen LogP) is 7.95. The van der Waals surface area contributed by atoms with Crippen molar-refractivity contribution in [1.82, 2.24) is 5.32 Å². The van der Waals surface area contributed by atoms with E-state index in [0.29, 0.717) is 6.42 Å². The molecular formula is C33H36FNO3. The number of nitrogens with one attached hydrogen (secondary N) is 1. The SMILES string of the molecule is COc1cccc([C@@H](C)NC(C)c2cc(-c3cc(F)cc(CCC(=O)OC(C)C)c3)c3ccccc3c2)c1. The van der Waals surface area contributed by atoms with Gasteiger partial charge in [-0.25, -0.2) is 4.39 Å². The van der Waals surface area contributed by atoms with Gasteiger partial charge in [0.15, 0.2) is 0 Å². The standard InChI is InChI=1S/C33H36FNO3/c1-21(2)38-33(36)14-13-24-15-28(18-29(34)16-24)32-20-27(17-26-9-6-7-12-31(26)32)23(4)35-22(3)25-10-8-11-30(19-25)37-5/h6-12,15-23,35H,13-14H2,1-5H3/t22-,23?/m1/s1. The van der Waals surface area contributed by atoms with Crippen molar-refractivity contribution in [2.24, 2.45) is 0 Å². The van der Waals surface area contributed by atoms with Gasteiger partial charge in [0.25, 0.3) is 0 Å². The van der Waals surface area contributed by atoms with Gasteiger partial charge in [-0.05, 0) is 109 Å². The van der Waals surface area contributed by atoms with Gasteiger partial charge in [0.2, 0.25) is 0 Å². The molecule has 0 radical (unpaired) electrons.